The Kier molecular flexibility index (Phi) is 8.63. The summed E-state index contributed by atoms with van der Waals surface area (Å²) in [7, 11) is 0.520. The molecule has 9 nitrogen and oxygen atoms in total. The highest BCUT2D eigenvalue weighted by Crippen LogP contribution is 2.27. The number of guanidine groups is 1. The highest BCUT2D eigenvalue weighted by Gasteiger charge is 2.28. The minimum atomic E-state index is -1.03. The highest BCUT2D eigenvalue weighted by atomic mass is 35.5. The van der Waals surface area contributed by atoms with Gasteiger partial charge < -0.3 is 10.0 Å². The molecule has 0 aliphatic carbocycles. The maximum absolute atomic E-state index is 13.0. The normalized spacial score (nSPS) is 16.7. The standard InChI is InChI=1S/C24H27ClN4O5S/c1-15(22(31)32)16(2)28(3)24(33)27-23(29(14-30)11-17-4-7-20(25)8-5-17)26-21-9-6-18-12-35(34)13-19(18)10-21/h4-10,14-16H,11-13H2,1-3H3,(H,31,32)(H,26,27,33)/t15-,16?,35?/m1/s1. The Hall–Kier alpha value is -3.24. The summed E-state index contributed by atoms with van der Waals surface area (Å²) in [6.07, 6.45) is 0.555. The van der Waals surface area contributed by atoms with Gasteiger partial charge in [0.15, 0.2) is 0 Å². The lowest BCUT2D eigenvalue weighted by atomic mass is 10.0. The van der Waals surface area contributed by atoms with Crippen LogP contribution in [0.5, 0.6) is 0 Å². The summed E-state index contributed by atoms with van der Waals surface area (Å²) < 4.78 is 11.9. The number of carbonyl (C=O) groups is 3. The number of hydrogen-bond acceptors (Lipinski definition) is 5. The van der Waals surface area contributed by atoms with Crippen molar-refractivity contribution in [3.8, 4) is 0 Å². The van der Waals surface area contributed by atoms with E-state index in [9.17, 15) is 23.7 Å². The van der Waals surface area contributed by atoms with Crippen LogP contribution in [0.3, 0.4) is 0 Å². The van der Waals surface area contributed by atoms with Crippen LogP contribution in [-0.2, 0) is 38.4 Å². The second-order valence-corrected chi connectivity index (χ2v) is 10.3. The lowest BCUT2D eigenvalue weighted by molar-refractivity contribution is -0.142. The second-order valence-electron chi connectivity index (χ2n) is 8.39. The number of rotatable bonds is 7. The van der Waals surface area contributed by atoms with Gasteiger partial charge in [-0.1, -0.05) is 29.8 Å². The van der Waals surface area contributed by atoms with Crippen LogP contribution in [0.4, 0.5) is 10.5 Å². The molecule has 0 radical (unpaired) electrons. The van der Waals surface area contributed by atoms with Crippen LogP contribution in [0.15, 0.2) is 47.5 Å². The van der Waals surface area contributed by atoms with E-state index in [0.717, 1.165) is 16.7 Å². The van der Waals surface area contributed by atoms with Gasteiger partial charge >= 0.3 is 12.0 Å². The van der Waals surface area contributed by atoms with Crippen molar-refractivity contribution in [1.82, 2.24) is 15.1 Å². The molecule has 0 spiro atoms. The summed E-state index contributed by atoms with van der Waals surface area (Å²) >= 11 is 5.96. The molecular weight excluding hydrogens is 492 g/mol. The number of carbonyl (C=O) groups excluding carboxylic acids is 2. The summed E-state index contributed by atoms with van der Waals surface area (Å²) in [6.45, 7) is 3.25. The third-order valence-electron chi connectivity index (χ3n) is 5.99. The molecule has 0 bridgehead atoms. The van der Waals surface area contributed by atoms with Crippen molar-refractivity contribution < 1.29 is 23.7 Å². The third-order valence-corrected chi connectivity index (χ3v) is 7.50. The quantitative estimate of drug-likeness (QED) is 0.330. The zero-order valence-electron chi connectivity index (χ0n) is 19.6. The molecule has 0 saturated carbocycles. The molecule has 0 aromatic heterocycles. The molecule has 2 aromatic rings. The number of amides is 3. The van der Waals surface area contributed by atoms with Crippen molar-refractivity contribution in [3.63, 3.8) is 0 Å². The fourth-order valence-corrected chi connectivity index (χ4v) is 4.97. The van der Waals surface area contributed by atoms with Crippen LogP contribution in [0.2, 0.25) is 5.02 Å². The van der Waals surface area contributed by atoms with Crippen LogP contribution < -0.4 is 5.32 Å². The number of aliphatic carboxylic acids is 1. The zero-order chi connectivity index (χ0) is 25.7. The van der Waals surface area contributed by atoms with Gasteiger partial charge in [0, 0.05) is 40.4 Å². The number of urea groups is 1. The van der Waals surface area contributed by atoms with Crippen molar-refractivity contribution in [2.24, 2.45) is 10.9 Å². The first-order chi connectivity index (χ1) is 16.6. The number of carboxylic acids is 1. The molecule has 3 rings (SSSR count). The van der Waals surface area contributed by atoms with E-state index in [2.05, 4.69) is 10.3 Å². The van der Waals surface area contributed by atoms with Crippen LogP contribution in [0.25, 0.3) is 0 Å². The Morgan fingerprint density at radius 3 is 2.46 bits per heavy atom. The van der Waals surface area contributed by atoms with Gasteiger partial charge in [-0.05, 0) is 54.8 Å². The van der Waals surface area contributed by atoms with Gasteiger partial charge in [0.2, 0.25) is 12.4 Å². The number of nitrogens with zero attached hydrogens (tertiary/aromatic N) is 3. The zero-order valence-corrected chi connectivity index (χ0v) is 21.2. The Bertz CT molecular complexity index is 1170. The topological polar surface area (TPSA) is 119 Å². The molecule has 1 heterocycles. The van der Waals surface area contributed by atoms with Crippen molar-refractivity contribution in [2.45, 2.75) is 37.9 Å². The fraction of sp³-hybridized carbons (Fsp3) is 0.333. The second kappa shape index (κ2) is 11.5. The predicted octanol–water partition coefficient (Wildman–Crippen LogP) is 3.50. The van der Waals surface area contributed by atoms with E-state index < -0.39 is 34.8 Å². The molecule has 2 unspecified atom stereocenters. The van der Waals surface area contributed by atoms with E-state index in [4.69, 9.17) is 11.6 Å². The number of aliphatic imine (C=N–C) groups is 1. The number of hydrogen-bond donors (Lipinski definition) is 2. The molecule has 2 aromatic carbocycles. The molecule has 1 aliphatic heterocycles. The smallest absolute Gasteiger partial charge is 0.324 e. The van der Waals surface area contributed by atoms with Crippen LogP contribution in [-0.4, -0.2) is 56.6 Å². The monoisotopic (exact) mass is 518 g/mol. The first-order valence-electron chi connectivity index (χ1n) is 10.9. The number of halogens is 1. The summed E-state index contributed by atoms with van der Waals surface area (Å²) in [5.74, 6) is -0.944. The van der Waals surface area contributed by atoms with E-state index >= 15 is 0 Å². The number of benzene rings is 2. The molecule has 2 N–H and O–H groups in total. The molecule has 0 saturated heterocycles. The Morgan fingerprint density at radius 2 is 1.83 bits per heavy atom. The van der Waals surface area contributed by atoms with Crippen LogP contribution in [0.1, 0.15) is 30.5 Å². The molecule has 0 fully saturated rings. The van der Waals surface area contributed by atoms with E-state index in [0.29, 0.717) is 28.6 Å². The first kappa shape index (κ1) is 26.4. The third kappa shape index (κ3) is 6.67. The number of carboxylic acid groups (broad SMARTS) is 1. The first-order valence-corrected chi connectivity index (χ1v) is 12.7. The van der Waals surface area contributed by atoms with Gasteiger partial charge in [-0.2, -0.15) is 0 Å². The Balaban J connectivity index is 1.92. The molecular formula is C24H27ClN4O5S. The Morgan fingerprint density at radius 1 is 1.17 bits per heavy atom. The van der Waals surface area contributed by atoms with Gasteiger partial charge in [-0.15, -0.1) is 0 Å². The van der Waals surface area contributed by atoms with Crippen molar-refractivity contribution >= 4 is 52.5 Å². The SMILES string of the molecule is CC([C@@H](C)C(=O)O)N(C)C(=O)NC(=Nc1ccc2c(c1)CS(=O)C2)N(C=O)Cc1ccc(Cl)cc1. The van der Waals surface area contributed by atoms with Crippen molar-refractivity contribution in [2.75, 3.05) is 7.05 Å². The van der Waals surface area contributed by atoms with Gasteiger partial charge in [0.05, 0.1) is 18.2 Å². The molecule has 35 heavy (non-hydrogen) atoms. The maximum atomic E-state index is 13.0. The maximum Gasteiger partial charge on any atom is 0.324 e. The van der Waals surface area contributed by atoms with Gasteiger partial charge in [-0.25, -0.2) is 9.79 Å². The van der Waals surface area contributed by atoms with Gasteiger partial charge in [0.25, 0.3) is 0 Å². The number of fused-ring (bicyclic) bond motifs is 1. The summed E-state index contributed by atoms with van der Waals surface area (Å²) in [5.41, 5.74) is 3.13. The summed E-state index contributed by atoms with van der Waals surface area (Å²) in [4.78, 5) is 43.4. The van der Waals surface area contributed by atoms with E-state index in [1.54, 1.807) is 43.3 Å². The average Bonchev–Trinajstić information content (AvgIpc) is 3.20. The molecule has 3 atom stereocenters. The fourth-order valence-electron chi connectivity index (χ4n) is 3.50. The van der Waals surface area contributed by atoms with E-state index in [1.165, 1.54) is 23.8 Å². The summed E-state index contributed by atoms with van der Waals surface area (Å²) in [5, 5.41) is 12.5. The minimum Gasteiger partial charge on any atom is -0.481 e. The lowest BCUT2D eigenvalue weighted by Gasteiger charge is -2.29. The average molecular weight is 519 g/mol. The van der Waals surface area contributed by atoms with Crippen molar-refractivity contribution in [3.05, 3.63) is 64.2 Å². The van der Waals surface area contributed by atoms with Crippen LogP contribution in [0, 0.1) is 5.92 Å². The van der Waals surface area contributed by atoms with Crippen LogP contribution >= 0.6 is 11.6 Å². The Labute approximate surface area is 211 Å². The highest BCUT2D eigenvalue weighted by molar-refractivity contribution is 7.83. The van der Waals surface area contributed by atoms with Gasteiger partial charge in [0.1, 0.15) is 0 Å². The minimum absolute atomic E-state index is 0.0268. The van der Waals surface area contributed by atoms with E-state index in [1.807, 2.05) is 6.07 Å². The molecule has 11 heteroatoms. The largest absolute Gasteiger partial charge is 0.481 e. The molecule has 186 valence electrons. The van der Waals surface area contributed by atoms with Gasteiger partial charge in [-0.3, -0.25) is 24.0 Å². The summed E-state index contributed by atoms with van der Waals surface area (Å²) in [6, 6.07) is 11.0. The number of nitrogens with one attached hydrogen (secondary N) is 1. The molecule has 1 aliphatic rings. The lowest BCUT2D eigenvalue weighted by Crippen LogP contribution is -2.51. The molecule has 3 amide bonds. The predicted molar refractivity (Wildman–Crippen MR) is 135 cm³/mol. The van der Waals surface area contributed by atoms with Crippen molar-refractivity contribution in [1.29, 1.82) is 0 Å². The van der Waals surface area contributed by atoms with E-state index in [-0.39, 0.29) is 12.5 Å².